The fourth-order valence-electron chi connectivity index (χ4n) is 4.66. The molecule has 0 aliphatic rings. The van der Waals surface area contributed by atoms with Crippen LogP contribution in [-0.4, -0.2) is 67.2 Å². The third-order valence-corrected chi connectivity index (χ3v) is 7.08. The third kappa shape index (κ3) is 6.84. The van der Waals surface area contributed by atoms with E-state index in [1.165, 1.54) is 28.3 Å². The van der Waals surface area contributed by atoms with E-state index in [1.54, 1.807) is 58.9 Å². The number of carbonyl (C=O) groups is 2. The Labute approximate surface area is 259 Å². The van der Waals surface area contributed by atoms with Crippen LogP contribution in [0.4, 0.5) is 11.4 Å². The van der Waals surface area contributed by atoms with Gasteiger partial charge in [-0.05, 0) is 64.8 Å². The first-order valence-electron chi connectivity index (χ1n) is 14.5. The number of anilines is 2. The second-order valence-corrected chi connectivity index (χ2v) is 11.4. The van der Waals surface area contributed by atoms with Gasteiger partial charge in [-0.15, -0.1) is 0 Å². The number of rotatable bonds is 12. The Morgan fingerprint density at radius 2 is 1.31 bits per heavy atom. The molecule has 0 atom stereocenters. The Bertz CT molecular complexity index is 1880. The molecule has 0 aromatic carbocycles. The van der Waals surface area contributed by atoms with Gasteiger partial charge in [0.25, 0.3) is 5.56 Å². The number of fused-ring (bicyclic) bond motifs is 2. The molecule has 0 fully saturated rings. The summed E-state index contributed by atoms with van der Waals surface area (Å²) < 4.78 is 18.6. The van der Waals surface area contributed by atoms with E-state index in [0.29, 0.717) is 46.9 Å². The van der Waals surface area contributed by atoms with Crippen molar-refractivity contribution in [3.8, 4) is 11.5 Å². The van der Waals surface area contributed by atoms with E-state index < -0.39 is 39.9 Å². The maximum absolute atomic E-state index is 13.4. The topological polar surface area (TPSA) is 175 Å². The maximum Gasteiger partial charge on any atom is 0.331 e. The smallest absolute Gasteiger partial charge is 0.331 e. The monoisotopic (exact) mass is 622 g/mol. The molecule has 4 rings (SSSR count). The van der Waals surface area contributed by atoms with E-state index in [0.717, 1.165) is 0 Å². The van der Waals surface area contributed by atoms with Gasteiger partial charge in [0.15, 0.2) is 0 Å². The van der Waals surface area contributed by atoms with Crippen molar-refractivity contribution in [2.45, 2.75) is 65.5 Å². The quantitative estimate of drug-likeness (QED) is 0.156. The van der Waals surface area contributed by atoms with Gasteiger partial charge >= 0.3 is 17.5 Å². The number of hydrogen-bond acceptors (Lipinski definition) is 12. The summed E-state index contributed by atoms with van der Waals surface area (Å²) in [6, 6.07) is 6.64. The number of aromatic hydroxyl groups is 1. The number of aromatic nitrogens is 4. The fourth-order valence-corrected chi connectivity index (χ4v) is 4.66. The number of pyridine rings is 2. The van der Waals surface area contributed by atoms with Gasteiger partial charge in [-0.2, -0.15) is 0 Å². The average molecular weight is 623 g/mol. The number of nitrogens with zero attached hydrogens (tertiary/aromatic N) is 4. The summed E-state index contributed by atoms with van der Waals surface area (Å²) in [7, 11) is 1.30. The van der Waals surface area contributed by atoms with Gasteiger partial charge in [-0.3, -0.25) is 18.4 Å². The molecule has 0 saturated heterocycles. The summed E-state index contributed by atoms with van der Waals surface area (Å²) >= 11 is 0. The molecule has 0 saturated carbocycles. The zero-order chi connectivity index (χ0) is 33.1. The molecule has 0 radical (unpaired) electrons. The van der Waals surface area contributed by atoms with Gasteiger partial charge < -0.3 is 30.0 Å². The summed E-state index contributed by atoms with van der Waals surface area (Å²) in [6.07, 6.45) is 3.80. The van der Waals surface area contributed by atoms with Crippen LogP contribution in [0.25, 0.3) is 11.3 Å². The summed E-state index contributed by atoms with van der Waals surface area (Å²) in [5, 5.41) is 16.2. The number of hydrogen-bond donors (Lipinski definition) is 3. The van der Waals surface area contributed by atoms with Crippen LogP contribution in [0.2, 0.25) is 0 Å². The van der Waals surface area contributed by atoms with Crippen molar-refractivity contribution in [2.24, 2.45) is 0 Å². The minimum atomic E-state index is -1.21. The zero-order valence-electron chi connectivity index (χ0n) is 26.4. The first-order chi connectivity index (χ1) is 21.2. The molecule has 4 heterocycles. The lowest BCUT2D eigenvalue weighted by Crippen LogP contribution is -2.42. The molecule has 14 heteroatoms. The van der Waals surface area contributed by atoms with Gasteiger partial charge in [0.1, 0.15) is 35.6 Å². The molecular weight excluding hydrogens is 584 g/mol. The van der Waals surface area contributed by atoms with Crippen LogP contribution < -0.4 is 26.5 Å². The minimum Gasteiger partial charge on any atom is -0.502 e. The lowest BCUT2D eigenvalue weighted by molar-refractivity contribution is -0.148. The molecule has 4 aromatic rings. The van der Waals surface area contributed by atoms with Crippen LogP contribution in [0.3, 0.4) is 0 Å². The van der Waals surface area contributed by atoms with Gasteiger partial charge in [0.05, 0.1) is 29.9 Å². The average Bonchev–Trinajstić information content (AvgIpc) is 3.01. The van der Waals surface area contributed by atoms with E-state index >= 15 is 0 Å². The van der Waals surface area contributed by atoms with Crippen molar-refractivity contribution >= 4 is 34.6 Å². The molecule has 45 heavy (non-hydrogen) atoms. The highest BCUT2D eigenvalue weighted by atomic mass is 16.6. The third-order valence-electron chi connectivity index (χ3n) is 7.08. The summed E-state index contributed by atoms with van der Waals surface area (Å²) in [5.41, 5.74) is -0.878. The van der Waals surface area contributed by atoms with Gasteiger partial charge in [0, 0.05) is 12.4 Å². The van der Waals surface area contributed by atoms with E-state index in [4.69, 9.17) is 14.2 Å². The van der Waals surface area contributed by atoms with Gasteiger partial charge in [0.2, 0.25) is 11.5 Å². The van der Waals surface area contributed by atoms with Crippen LogP contribution in [0.15, 0.2) is 46.2 Å². The maximum atomic E-state index is 13.4. The number of ether oxygens (including phenoxy) is 3. The van der Waals surface area contributed by atoms with E-state index in [1.807, 2.05) is 6.92 Å². The molecular formula is C31H38N6O8. The number of methoxy groups -OCH3 is 1. The molecule has 0 bridgehead atoms. The molecule has 0 amide bonds. The first kappa shape index (κ1) is 32.8. The van der Waals surface area contributed by atoms with Crippen molar-refractivity contribution in [3.63, 3.8) is 0 Å². The van der Waals surface area contributed by atoms with Crippen molar-refractivity contribution in [1.82, 2.24) is 18.8 Å². The van der Waals surface area contributed by atoms with Crippen LogP contribution in [0.5, 0.6) is 11.5 Å². The highest BCUT2D eigenvalue weighted by Crippen LogP contribution is 2.21. The lowest BCUT2D eigenvalue weighted by atomic mass is 10.1. The van der Waals surface area contributed by atoms with Crippen LogP contribution in [0, 0.1) is 0 Å². The van der Waals surface area contributed by atoms with E-state index in [9.17, 15) is 24.3 Å². The summed E-state index contributed by atoms with van der Waals surface area (Å²) in [6.45, 7) is 9.91. The molecule has 0 aliphatic heterocycles. The molecule has 4 aromatic heterocycles. The number of aryl methyl sites for hydroxylation is 2. The number of esters is 2. The Balaban J connectivity index is 1.44. The Kier molecular flexibility index (Phi) is 9.35. The lowest BCUT2D eigenvalue weighted by Gasteiger charge is -2.25. The van der Waals surface area contributed by atoms with E-state index in [-0.39, 0.29) is 19.0 Å². The molecule has 14 nitrogen and oxygen atoms in total. The molecule has 0 aliphatic carbocycles. The molecule has 0 spiro atoms. The predicted octanol–water partition coefficient (Wildman–Crippen LogP) is 2.71. The fraction of sp³-hybridized carbons (Fsp3) is 0.419. The van der Waals surface area contributed by atoms with Crippen LogP contribution in [-0.2, 0) is 31.9 Å². The van der Waals surface area contributed by atoms with Crippen molar-refractivity contribution in [2.75, 3.05) is 31.0 Å². The largest absolute Gasteiger partial charge is 0.502 e. The second kappa shape index (κ2) is 12.8. The van der Waals surface area contributed by atoms with Crippen molar-refractivity contribution < 1.29 is 28.9 Å². The second-order valence-electron chi connectivity index (χ2n) is 11.4. The van der Waals surface area contributed by atoms with Crippen molar-refractivity contribution in [3.05, 3.63) is 68.8 Å². The highest BCUT2D eigenvalue weighted by Gasteiger charge is 2.30. The molecule has 240 valence electrons. The van der Waals surface area contributed by atoms with Crippen molar-refractivity contribution in [1.29, 1.82) is 0 Å². The SMILES string of the molecule is CCc1nc2ccc(NC(C)(C)C(=O)OCCOc3c(CC)nc4ccc(NC(C)(C)C(=O)OC)cn4c3=O)cn2c(=O)c1O. The molecule has 0 unspecified atom stereocenters. The zero-order valence-corrected chi connectivity index (χ0v) is 26.4. The highest BCUT2D eigenvalue weighted by molar-refractivity contribution is 5.84. The Hall–Kier alpha value is -5.14. The number of nitrogens with one attached hydrogen (secondary N) is 2. The number of carbonyl (C=O) groups excluding carboxylic acids is 2. The minimum absolute atomic E-state index is 0.0255. The first-order valence-corrected chi connectivity index (χ1v) is 14.5. The normalized spacial score (nSPS) is 11.8. The van der Waals surface area contributed by atoms with Crippen LogP contribution in [0.1, 0.15) is 52.9 Å². The standard InChI is InChI=1S/C31H38N6O8/c1-8-20-24(38)26(39)36-16-18(10-12-22(36)32-20)35-31(5,6)29(42)45-15-14-44-25-21(9-2)33-23-13-11-19(17-37(23)27(25)40)34-30(3,4)28(41)43-7/h10-13,16-17,34-35,38H,8-9,14-15H2,1-7H3. The van der Waals surface area contributed by atoms with Crippen LogP contribution >= 0.6 is 0 Å². The molecule has 3 N–H and O–H groups in total. The summed E-state index contributed by atoms with van der Waals surface area (Å²) in [4.78, 5) is 59.9. The predicted molar refractivity (Wildman–Crippen MR) is 167 cm³/mol. The van der Waals surface area contributed by atoms with Gasteiger partial charge in [-0.25, -0.2) is 19.6 Å². The van der Waals surface area contributed by atoms with E-state index in [2.05, 4.69) is 20.6 Å². The Morgan fingerprint density at radius 3 is 1.84 bits per heavy atom. The summed E-state index contributed by atoms with van der Waals surface area (Å²) in [5.74, 6) is -1.47. The Morgan fingerprint density at radius 1 is 0.800 bits per heavy atom. The van der Waals surface area contributed by atoms with Gasteiger partial charge in [-0.1, -0.05) is 13.8 Å².